The van der Waals surface area contributed by atoms with Crippen molar-refractivity contribution in [3.8, 4) is 11.1 Å². The molecule has 186 valence electrons. The standard InChI is InChI=1S/C28H34N2O5/c1-2-7-25(27(33)30-16-14-19(15-17-30)12-13-26(31)32)29-28(34)35-18-24-22-10-5-3-8-20(22)21-9-4-6-11-23(21)24/h3-6,8-11,19,24-25H,2,7,12-18H2,1H3,(H,29,34)(H,31,32). The van der Waals surface area contributed by atoms with Gasteiger partial charge in [-0.05, 0) is 53.9 Å². The second-order valence-corrected chi connectivity index (χ2v) is 9.51. The molecule has 2 aromatic carbocycles. The molecule has 2 N–H and O–H groups in total. The fraction of sp³-hybridized carbons (Fsp3) is 0.464. The molecule has 0 bridgehead atoms. The van der Waals surface area contributed by atoms with Crippen LogP contribution in [0.2, 0.25) is 0 Å². The van der Waals surface area contributed by atoms with E-state index in [2.05, 4.69) is 29.6 Å². The van der Waals surface area contributed by atoms with Crippen molar-refractivity contribution in [1.82, 2.24) is 10.2 Å². The van der Waals surface area contributed by atoms with Crippen LogP contribution in [0.5, 0.6) is 0 Å². The Labute approximate surface area is 206 Å². The van der Waals surface area contributed by atoms with Crippen molar-refractivity contribution in [1.29, 1.82) is 0 Å². The average Bonchev–Trinajstić information content (AvgIpc) is 3.19. The molecule has 2 aliphatic rings. The van der Waals surface area contributed by atoms with Crippen LogP contribution in [-0.4, -0.2) is 53.7 Å². The summed E-state index contributed by atoms with van der Waals surface area (Å²) in [6.45, 7) is 3.38. The van der Waals surface area contributed by atoms with E-state index in [4.69, 9.17) is 9.84 Å². The number of carbonyl (C=O) groups is 3. The average molecular weight is 479 g/mol. The number of piperidine rings is 1. The summed E-state index contributed by atoms with van der Waals surface area (Å²) in [5.41, 5.74) is 4.63. The third-order valence-electron chi connectivity index (χ3n) is 7.20. The Morgan fingerprint density at radius 1 is 1.03 bits per heavy atom. The Bertz CT molecular complexity index is 1020. The van der Waals surface area contributed by atoms with Crippen molar-refractivity contribution in [2.24, 2.45) is 5.92 Å². The van der Waals surface area contributed by atoms with Crippen molar-refractivity contribution in [2.45, 2.75) is 57.4 Å². The van der Waals surface area contributed by atoms with E-state index >= 15 is 0 Å². The minimum Gasteiger partial charge on any atom is -0.481 e. The van der Waals surface area contributed by atoms with Crippen LogP contribution in [0.1, 0.15) is 62.5 Å². The number of amides is 2. The maximum absolute atomic E-state index is 13.1. The number of likely N-dealkylation sites (tertiary alicyclic amines) is 1. The number of hydrogen-bond donors (Lipinski definition) is 2. The number of hydrogen-bond acceptors (Lipinski definition) is 4. The van der Waals surface area contributed by atoms with E-state index in [0.29, 0.717) is 31.8 Å². The summed E-state index contributed by atoms with van der Waals surface area (Å²) in [7, 11) is 0. The van der Waals surface area contributed by atoms with Gasteiger partial charge in [-0.3, -0.25) is 9.59 Å². The summed E-state index contributed by atoms with van der Waals surface area (Å²) in [5.74, 6) is -0.566. The summed E-state index contributed by atoms with van der Waals surface area (Å²) < 4.78 is 5.65. The van der Waals surface area contributed by atoms with E-state index in [1.54, 1.807) is 4.90 Å². The molecule has 4 rings (SSSR count). The number of carboxylic acid groups (broad SMARTS) is 1. The number of benzene rings is 2. The van der Waals surface area contributed by atoms with Gasteiger partial charge in [-0.1, -0.05) is 61.9 Å². The highest BCUT2D eigenvalue weighted by molar-refractivity contribution is 5.86. The number of ether oxygens (including phenoxy) is 1. The van der Waals surface area contributed by atoms with Gasteiger partial charge in [0.1, 0.15) is 12.6 Å². The van der Waals surface area contributed by atoms with Gasteiger partial charge in [-0.25, -0.2) is 4.79 Å². The quantitative estimate of drug-likeness (QED) is 0.540. The van der Waals surface area contributed by atoms with E-state index in [9.17, 15) is 14.4 Å². The second kappa shape index (κ2) is 11.4. The molecule has 1 atom stereocenters. The first-order valence-electron chi connectivity index (χ1n) is 12.6. The van der Waals surface area contributed by atoms with E-state index in [0.717, 1.165) is 30.4 Å². The van der Waals surface area contributed by atoms with Crippen LogP contribution in [0, 0.1) is 5.92 Å². The Balaban J connectivity index is 1.33. The minimum absolute atomic E-state index is 0.0293. The number of fused-ring (bicyclic) bond motifs is 3. The highest BCUT2D eigenvalue weighted by atomic mass is 16.5. The number of nitrogens with one attached hydrogen (secondary N) is 1. The zero-order valence-electron chi connectivity index (χ0n) is 20.2. The van der Waals surface area contributed by atoms with Crippen molar-refractivity contribution in [3.05, 3.63) is 59.7 Å². The molecule has 1 aliphatic carbocycles. The number of carboxylic acids is 1. The molecule has 1 heterocycles. The van der Waals surface area contributed by atoms with Gasteiger partial charge in [0.15, 0.2) is 0 Å². The maximum atomic E-state index is 13.1. The van der Waals surface area contributed by atoms with Gasteiger partial charge in [0.05, 0.1) is 0 Å². The molecule has 1 aliphatic heterocycles. The lowest BCUT2D eigenvalue weighted by atomic mass is 9.92. The Morgan fingerprint density at radius 2 is 1.63 bits per heavy atom. The molecule has 2 amide bonds. The molecule has 35 heavy (non-hydrogen) atoms. The predicted molar refractivity (Wildman–Crippen MR) is 133 cm³/mol. The lowest BCUT2D eigenvalue weighted by molar-refractivity contribution is -0.138. The topological polar surface area (TPSA) is 95.9 Å². The van der Waals surface area contributed by atoms with Crippen molar-refractivity contribution in [2.75, 3.05) is 19.7 Å². The van der Waals surface area contributed by atoms with Gasteiger partial charge in [0, 0.05) is 25.4 Å². The number of alkyl carbamates (subject to hydrolysis) is 1. The van der Waals surface area contributed by atoms with Crippen LogP contribution in [0.4, 0.5) is 4.79 Å². The first-order valence-corrected chi connectivity index (χ1v) is 12.6. The molecule has 1 saturated heterocycles. The number of rotatable bonds is 9. The molecule has 0 radical (unpaired) electrons. The zero-order valence-corrected chi connectivity index (χ0v) is 20.2. The van der Waals surface area contributed by atoms with Crippen LogP contribution in [0.3, 0.4) is 0 Å². The van der Waals surface area contributed by atoms with Crippen LogP contribution >= 0.6 is 0 Å². The highest BCUT2D eigenvalue weighted by Crippen LogP contribution is 2.44. The molecular formula is C28H34N2O5. The number of aliphatic carboxylic acids is 1. The van der Waals surface area contributed by atoms with Crippen molar-refractivity contribution in [3.63, 3.8) is 0 Å². The summed E-state index contributed by atoms with van der Waals surface area (Å²) in [5, 5.41) is 11.7. The van der Waals surface area contributed by atoms with Crippen molar-refractivity contribution < 1.29 is 24.2 Å². The normalized spacial score (nSPS) is 16.3. The molecule has 0 aromatic heterocycles. The third kappa shape index (κ3) is 5.84. The third-order valence-corrected chi connectivity index (χ3v) is 7.20. The van der Waals surface area contributed by atoms with Gasteiger partial charge in [-0.15, -0.1) is 0 Å². The molecule has 1 fully saturated rings. The first kappa shape index (κ1) is 24.8. The Hall–Kier alpha value is -3.35. The fourth-order valence-electron chi connectivity index (χ4n) is 5.32. The lowest BCUT2D eigenvalue weighted by Crippen LogP contribution is -2.51. The molecule has 7 nitrogen and oxygen atoms in total. The first-order chi connectivity index (χ1) is 17.0. The highest BCUT2D eigenvalue weighted by Gasteiger charge is 2.31. The van der Waals surface area contributed by atoms with E-state index < -0.39 is 18.1 Å². The predicted octanol–water partition coefficient (Wildman–Crippen LogP) is 4.80. The van der Waals surface area contributed by atoms with Gasteiger partial charge in [-0.2, -0.15) is 0 Å². The minimum atomic E-state index is -0.779. The molecule has 7 heteroatoms. The van der Waals surface area contributed by atoms with Crippen LogP contribution in [0.25, 0.3) is 11.1 Å². The van der Waals surface area contributed by atoms with Gasteiger partial charge >= 0.3 is 12.1 Å². The van der Waals surface area contributed by atoms with Gasteiger partial charge in [0.25, 0.3) is 0 Å². The van der Waals surface area contributed by atoms with Crippen LogP contribution in [0.15, 0.2) is 48.5 Å². The lowest BCUT2D eigenvalue weighted by Gasteiger charge is -2.34. The van der Waals surface area contributed by atoms with Crippen LogP contribution < -0.4 is 5.32 Å². The van der Waals surface area contributed by atoms with E-state index in [1.807, 2.05) is 31.2 Å². The largest absolute Gasteiger partial charge is 0.481 e. The van der Waals surface area contributed by atoms with E-state index in [-0.39, 0.29) is 24.9 Å². The Kier molecular flexibility index (Phi) is 8.06. The van der Waals surface area contributed by atoms with Crippen molar-refractivity contribution >= 4 is 18.0 Å². The Morgan fingerprint density at radius 3 is 2.20 bits per heavy atom. The second-order valence-electron chi connectivity index (χ2n) is 9.51. The molecule has 0 saturated carbocycles. The number of nitrogens with zero attached hydrogens (tertiary/aromatic N) is 1. The molecule has 1 unspecified atom stereocenters. The van der Waals surface area contributed by atoms with Gasteiger partial charge < -0.3 is 20.1 Å². The summed E-state index contributed by atoms with van der Waals surface area (Å²) in [4.78, 5) is 38.5. The number of carbonyl (C=O) groups excluding carboxylic acids is 2. The SMILES string of the molecule is CCCC(NC(=O)OCC1c2ccccc2-c2ccccc21)C(=O)N1CCC(CCC(=O)O)CC1. The monoisotopic (exact) mass is 478 g/mol. The summed E-state index contributed by atoms with van der Waals surface area (Å²) >= 11 is 0. The summed E-state index contributed by atoms with van der Waals surface area (Å²) in [6.07, 6.45) is 3.13. The van der Waals surface area contributed by atoms with Gasteiger partial charge in [0.2, 0.25) is 5.91 Å². The summed E-state index contributed by atoms with van der Waals surface area (Å²) in [6, 6.07) is 15.7. The molecule has 2 aromatic rings. The molecular weight excluding hydrogens is 444 g/mol. The maximum Gasteiger partial charge on any atom is 0.407 e. The fourth-order valence-corrected chi connectivity index (χ4v) is 5.32. The smallest absolute Gasteiger partial charge is 0.407 e. The van der Waals surface area contributed by atoms with Crippen LogP contribution in [-0.2, 0) is 14.3 Å². The van der Waals surface area contributed by atoms with E-state index in [1.165, 1.54) is 11.1 Å². The molecule has 0 spiro atoms. The zero-order chi connectivity index (χ0) is 24.8.